The van der Waals surface area contributed by atoms with E-state index in [-0.39, 0.29) is 28.2 Å². The summed E-state index contributed by atoms with van der Waals surface area (Å²) in [6.45, 7) is 6.43. The van der Waals surface area contributed by atoms with E-state index in [1.165, 1.54) is 24.7 Å². The maximum atomic E-state index is 13.1. The average molecular weight is 614 g/mol. The van der Waals surface area contributed by atoms with Crippen molar-refractivity contribution in [2.45, 2.75) is 45.4 Å². The third kappa shape index (κ3) is 6.85. The van der Waals surface area contributed by atoms with Gasteiger partial charge in [-0.25, -0.2) is 4.98 Å². The summed E-state index contributed by atoms with van der Waals surface area (Å²) in [4.78, 5) is 41.2. The molecule has 0 aliphatic carbocycles. The highest BCUT2D eigenvalue weighted by atomic mass is 79.9. The van der Waals surface area contributed by atoms with E-state index >= 15 is 0 Å². The van der Waals surface area contributed by atoms with E-state index in [1.807, 2.05) is 13.8 Å². The Bertz CT molecular complexity index is 1330. The zero-order valence-corrected chi connectivity index (χ0v) is 22.9. The Balaban J connectivity index is 1.52. The van der Waals surface area contributed by atoms with E-state index in [0.29, 0.717) is 34.4 Å². The van der Waals surface area contributed by atoms with Crippen molar-refractivity contribution in [1.29, 1.82) is 0 Å². The molecule has 1 aromatic carbocycles. The van der Waals surface area contributed by atoms with E-state index in [1.54, 1.807) is 11.8 Å². The number of nitrogens with one attached hydrogen (secondary N) is 1. The highest BCUT2D eigenvalue weighted by molar-refractivity contribution is 9.10. The summed E-state index contributed by atoms with van der Waals surface area (Å²) >= 11 is 4.26. The summed E-state index contributed by atoms with van der Waals surface area (Å²) in [6.07, 6.45) is -0.649. The molecular formula is C24H23BrF3N5O4S. The van der Waals surface area contributed by atoms with Crippen LogP contribution in [0.4, 0.5) is 13.2 Å². The topological polar surface area (TPSA) is 107 Å². The number of alkyl halides is 3. The normalized spacial score (nSPS) is 18.7. The lowest BCUT2D eigenvalue weighted by Gasteiger charge is -2.35. The van der Waals surface area contributed by atoms with Gasteiger partial charge in [-0.3, -0.25) is 19.6 Å². The summed E-state index contributed by atoms with van der Waals surface area (Å²) in [7, 11) is 0. The van der Waals surface area contributed by atoms with E-state index in [9.17, 15) is 22.8 Å². The van der Waals surface area contributed by atoms with Crippen molar-refractivity contribution >= 4 is 39.1 Å². The third-order valence-electron chi connectivity index (χ3n) is 5.48. The van der Waals surface area contributed by atoms with Crippen LogP contribution in [0, 0.1) is 0 Å². The first-order valence-electron chi connectivity index (χ1n) is 11.5. The summed E-state index contributed by atoms with van der Waals surface area (Å²) in [5.41, 5.74) is 0.708. The first-order valence-corrected chi connectivity index (χ1v) is 13.1. The van der Waals surface area contributed by atoms with Crippen LogP contribution in [0.3, 0.4) is 0 Å². The smallest absolute Gasteiger partial charge is 0.406 e. The van der Waals surface area contributed by atoms with Gasteiger partial charge in [0.1, 0.15) is 21.3 Å². The Labute approximate surface area is 228 Å². The number of carbonyl (C=O) groups excluding carboxylic acids is 2. The van der Waals surface area contributed by atoms with E-state index in [4.69, 9.17) is 4.74 Å². The summed E-state index contributed by atoms with van der Waals surface area (Å²) in [5, 5.41) is 3.16. The zero-order valence-electron chi connectivity index (χ0n) is 20.5. The molecule has 202 valence electrons. The van der Waals surface area contributed by atoms with Crippen molar-refractivity contribution in [2.75, 3.05) is 13.1 Å². The molecule has 0 unspecified atom stereocenters. The van der Waals surface area contributed by atoms with Gasteiger partial charge in [0.25, 0.3) is 11.8 Å². The highest BCUT2D eigenvalue weighted by Crippen LogP contribution is 2.31. The van der Waals surface area contributed by atoms with Gasteiger partial charge < -0.3 is 19.7 Å². The average Bonchev–Trinajstić information content (AvgIpc) is 3.31. The largest absolute Gasteiger partial charge is 0.573 e. The minimum Gasteiger partial charge on any atom is -0.406 e. The highest BCUT2D eigenvalue weighted by Gasteiger charge is 2.32. The molecule has 1 aliphatic heterocycles. The predicted octanol–water partition coefficient (Wildman–Crippen LogP) is 5.00. The molecule has 0 saturated carbocycles. The fourth-order valence-corrected chi connectivity index (χ4v) is 5.41. The van der Waals surface area contributed by atoms with Crippen molar-refractivity contribution in [2.24, 2.45) is 0 Å². The number of amides is 2. The number of morpholine rings is 1. The Hall–Kier alpha value is -3.10. The van der Waals surface area contributed by atoms with Gasteiger partial charge in [-0.15, -0.1) is 24.5 Å². The standard InChI is InChI=1S/C24H23BrF3N5O4S/c1-12-10-33(11-13(2)36-12)23(35)18-9-31-22(38-18)20-19(29-4-5-30-20)14(3)32-21(34)15-6-16(25)8-17(7-15)37-24(26,27)28/h4-9,12-14H,10-11H2,1-3H3,(H,32,34)/t12-,13+,14-/m0/s1. The number of aromatic nitrogens is 3. The predicted molar refractivity (Wildman–Crippen MR) is 136 cm³/mol. The van der Waals surface area contributed by atoms with Crippen LogP contribution in [0.5, 0.6) is 5.75 Å². The van der Waals surface area contributed by atoms with Crippen LogP contribution in [-0.2, 0) is 4.74 Å². The Morgan fingerprint density at radius 2 is 1.84 bits per heavy atom. The number of ether oxygens (including phenoxy) is 2. The number of carbonyl (C=O) groups is 2. The maximum Gasteiger partial charge on any atom is 0.573 e. The van der Waals surface area contributed by atoms with Crippen LogP contribution in [0.1, 0.15) is 52.5 Å². The van der Waals surface area contributed by atoms with Gasteiger partial charge >= 0.3 is 6.36 Å². The maximum absolute atomic E-state index is 13.1. The van der Waals surface area contributed by atoms with Gasteiger partial charge in [0.15, 0.2) is 0 Å². The van der Waals surface area contributed by atoms with Crippen molar-refractivity contribution < 1.29 is 32.2 Å². The van der Waals surface area contributed by atoms with Crippen molar-refractivity contribution in [3.63, 3.8) is 0 Å². The molecule has 14 heteroatoms. The van der Waals surface area contributed by atoms with Gasteiger partial charge in [-0.05, 0) is 39.0 Å². The number of halogens is 4. The third-order valence-corrected chi connectivity index (χ3v) is 6.93. The summed E-state index contributed by atoms with van der Waals surface area (Å²) in [6, 6.07) is 2.77. The number of benzene rings is 1. The monoisotopic (exact) mass is 613 g/mol. The molecule has 3 aromatic rings. The van der Waals surface area contributed by atoms with Crippen LogP contribution in [-0.4, -0.2) is 63.3 Å². The Morgan fingerprint density at radius 3 is 2.53 bits per heavy atom. The van der Waals surface area contributed by atoms with E-state index in [2.05, 4.69) is 40.9 Å². The number of hydrogen-bond donors (Lipinski definition) is 1. The second-order valence-electron chi connectivity index (χ2n) is 8.71. The zero-order chi connectivity index (χ0) is 27.6. The van der Waals surface area contributed by atoms with Crippen molar-refractivity contribution in [1.82, 2.24) is 25.2 Å². The molecule has 2 amide bonds. The molecule has 0 spiro atoms. The van der Waals surface area contributed by atoms with Gasteiger partial charge in [0, 0.05) is 35.5 Å². The fourth-order valence-electron chi connectivity index (χ4n) is 4.05. The number of nitrogens with zero attached hydrogens (tertiary/aromatic N) is 4. The Morgan fingerprint density at radius 1 is 1.16 bits per heavy atom. The minimum atomic E-state index is -4.90. The van der Waals surface area contributed by atoms with Crippen LogP contribution < -0.4 is 10.1 Å². The molecule has 3 atom stereocenters. The van der Waals surface area contributed by atoms with Crippen molar-refractivity contribution in [3.8, 4) is 16.5 Å². The van der Waals surface area contributed by atoms with Crippen LogP contribution >= 0.6 is 27.3 Å². The lowest BCUT2D eigenvalue weighted by molar-refractivity contribution is -0.274. The van der Waals surface area contributed by atoms with Crippen LogP contribution in [0.15, 0.2) is 41.3 Å². The first-order chi connectivity index (χ1) is 17.9. The molecule has 0 bridgehead atoms. The van der Waals surface area contributed by atoms with Crippen LogP contribution in [0.25, 0.3) is 10.7 Å². The lowest BCUT2D eigenvalue weighted by Crippen LogP contribution is -2.48. The van der Waals surface area contributed by atoms with Crippen LogP contribution in [0.2, 0.25) is 0 Å². The minimum absolute atomic E-state index is 0.0491. The number of thiazole rings is 1. The summed E-state index contributed by atoms with van der Waals surface area (Å²) < 4.78 is 47.8. The quantitative estimate of drug-likeness (QED) is 0.417. The molecule has 1 saturated heterocycles. The summed E-state index contributed by atoms with van der Waals surface area (Å²) in [5.74, 6) is -1.34. The van der Waals surface area contributed by atoms with Crippen molar-refractivity contribution in [3.05, 3.63) is 57.4 Å². The molecule has 0 radical (unpaired) electrons. The van der Waals surface area contributed by atoms with Gasteiger partial charge in [0.05, 0.1) is 30.1 Å². The molecular weight excluding hydrogens is 591 g/mol. The van der Waals surface area contributed by atoms with Gasteiger partial charge in [-0.2, -0.15) is 0 Å². The molecule has 1 fully saturated rings. The molecule has 1 N–H and O–H groups in total. The van der Waals surface area contributed by atoms with E-state index in [0.717, 1.165) is 23.5 Å². The van der Waals surface area contributed by atoms with E-state index < -0.39 is 24.1 Å². The second-order valence-corrected chi connectivity index (χ2v) is 10.7. The number of rotatable bonds is 6. The second kappa shape index (κ2) is 11.3. The van der Waals surface area contributed by atoms with Gasteiger partial charge in [-0.1, -0.05) is 15.9 Å². The molecule has 2 aromatic heterocycles. The van der Waals surface area contributed by atoms with Gasteiger partial charge in [0.2, 0.25) is 0 Å². The SMILES string of the molecule is C[C@@H]1CN(C(=O)c2cnc(-c3nccnc3[C@H](C)NC(=O)c3cc(Br)cc(OC(F)(F)F)c3)s2)C[C@H](C)O1. The molecule has 9 nitrogen and oxygen atoms in total. The fraction of sp³-hybridized carbons (Fsp3) is 0.375. The lowest BCUT2D eigenvalue weighted by atomic mass is 10.1. The first kappa shape index (κ1) is 27.9. The molecule has 38 heavy (non-hydrogen) atoms. The molecule has 3 heterocycles. The number of hydrogen-bond acceptors (Lipinski definition) is 8. The molecule has 1 aliphatic rings. The molecule has 4 rings (SSSR count). The Kier molecular flexibility index (Phi) is 8.33.